The summed E-state index contributed by atoms with van der Waals surface area (Å²) in [5.74, 6) is -0.763. The van der Waals surface area contributed by atoms with E-state index in [0.717, 1.165) is 0 Å². The monoisotopic (exact) mass is 248 g/mol. The van der Waals surface area contributed by atoms with E-state index in [-0.39, 0.29) is 6.61 Å². The zero-order valence-corrected chi connectivity index (χ0v) is 8.71. The third kappa shape index (κ3) is 6.57. The summed E-state index contributed by atoms with van der Waals surface area (Å²) in [5.41, 5.74) is 0. The molecular weight excluding hydrogens is 236 g/mol. The SMILES string of the molecule is COCC(=O)OC(C)COC(F)C(F)(F)F. The number of carbonyl (C=O) groups excluding carboxylic acids is 1. The van der Waals surface area contributed by atoms with Gasteiger partial charge in [0.2, 0.25) is 0 Å². The first-order chi connectivity index (χ1) is 7.27. The minimum Gasteiger partial charge on any atom is -0.459 e. The number of methoxy groups -OCH3 is 1. The van der Waals surface area contributed by atoms with Crippen LogP contribution in [0, 0.1) is 0 Å². The van der Waals surface area contributed by atoms with Crippen molar-refractivity contribution >= 4 is 5.97 Å². The molecule has 2 unspecified atom stereocenters. The lowest BCUT2D eigenvalue weighted by molar-refractivity contribution is -0.269. The molecule has 0 aromatic rings. The maximum atomic E-state index is 12.2. The molecule has 0 fully saturated rings. The van der Waals surface area contributed by atoms with Crippen LogP contribution in [0.1, 0.15) is 6.92 Å². The molecule has 0 aliphatic carbocycles. The Morgan fingerprint density at radius 3 is 2.38 bits per heavy atom. The maximum absolute atomic E-state index is 12.2. The van der Waals surface area contributed by atoms with Crippen LogP contribution in [0.25, 0.3) is 0 Å². The van der Waals surface area contributed by atoms with Crippen LogP contribution in [-0.2, 0) is 19.0 Å². The van der Waals surface area contributed by atoms with Gasteiger partial charge in [0.15, 0.2) is 0 Å². The normalized spacial score (nSPS) is 15.6. The molecule has 96 valence electrons. The molecule has 0 aliphatic heterocycles. The van der Waals surface area contributed by atoms with E-state index in [1.165, 1.54) is 14.0 Å². The maximum Gasteiger partial charge on any atom is 0.445 e. The summed E-state index contributed by atoms with van der Waals surface area (Å²) >= 11 is 0. The van der Waals surface area contributed by atoms with Gasteiger partial charge in [0.25, 0.3) is 6.36 Å². The lowest BCUT2D eigenvalue weighted by atomic mass is 10.4. The topological polar surface area (TPSA) is 44.8 Å². The van der Waals surface area contributed by atoms with Gasteiger partial charge in [-0.25, -0.2) is 9.18 Å². The molecule has 0 aromatic heterocycles. The van der Waals surface area contributed by atoms with Crippen LogP contribution in [0.2, 0.25) is 0 Å². The summed E-state index contributed by atoms with van der Waals surface area (Å²) in [4.78, 5) is 10.8. The summed E-state index contributed by atoms with van der Waals surface area (Å²) in [6.45, 7) is 0.259. The van der Waals surface area contributed by atoms with Gasteiger partial charge in [-0.15, -0.1) is 0 Å². The van der Waals surface area contributed by atoms with Gasteiger partial charge in [-0.3, -0.25) is 0 Å². The summed E-state index contributed by atoms with van der Waals surface area (Å²) in [7, 11) is 1.25. The molecule has 0 heterocycles. The van der Waals surface area contributed by atoms with Crippen LogP contribution < -0.4 is 0 Å². The highest BCUT2D eigenvalue weighted by molar-refractivity contribution is 5.70. The van der Waals surface area contributed by atoms with Gasteiger partial charge in [0, 0.05) is 7.11 Å². The molecule has 0 aliphatic rings. The van der Waals surface area contributed by atoms with Crippen molar-refractivity contribution in [2.75, 3.05) is 20.3 Å². The van der Waals surface area contributed by atoms with Crippen LogP contribution in [-0.4, -0.2) is 44.9 Å². The van der Waals surface area contributed by atoms with Crippen LogP contribution in [0.3, 0.4) is 0 Å². The molecular formula is C8H12F4O4. The summed E-state index contributed by atoms with van der Waals surface area (Å²) in [5, 5.41) is 0. The van der Waals surface area contributed by atoms with E-state index in [9.17, 15) is 22.4 Å². The van der Waals surface area contributed by atoms with Gasteiger partial charge in [0.1, 0.15) is 12.7 Å². The van der Waals surface area contributed by atoms with E-state index >= 15 is 0 Å². The highest BCUT2D eigenvalue weighted by Gasteiger charge is 2.41. The predicted octanol–water partition coefficient (Wildman–Crippen LogP) is 1.44. The second kappa shape index (κ2) is 6.64. The largest absolute Gasteiger partial charge is 0.459 e. The lowest BCUT2D eigenvalue weighted by Gasteiger charge is -2.16. The Kier molecular flexibility index (Phi) is 6.27. The van der Waals surface area contributed by atoms with E-state index in [2.05, 4.69) is 14.2 Å². The Morgan fingerprint density at radius 1 is 1.38 bits per heavy atom. The highest BCUT2D eigenvalue weighted by atomic mass is 19.4. The van der Waals surface area contributed by atoms with Crippen molar-refractivity contribution in [2.45, 2.75) is 25.6 Å². The van der Waals surface area contributed by atoms with Crippen molar-refractivity contribution in [1.82, 2.24) is 0 Å². The molecule has 0 radical (unpaired) electrons. The molecule has 0 amide bonds. The first-order valence-corrected chi connectivity index (χ1v) is 4.28. The highest BCUT2D eigenvalue weighted by Crippen LogP contribution is 2.23. The lowest BCUT2D eigenvalue weighted by Crippen LogP contribution is -2.31. The fourth-order valence-corrected chi connectivity index (χ4v) is 0.725. The fourth-order valence-electron chi connectivity index (χ4n) is 0.725. The smallest absolute Gasteiger partial charge is 0.445 e. The van der Waals surface area contributed by atoms with E-state index < -0.39 is 31.2 Å². The van der Waals surface area contributed by atoms with Crippen molar-refractivity contribution < 1.29 is 36.6 Å². The number of carbonyl (C=O) groups is 1. The van der Waals surface area contributed by atoms with Crippen molar-refractivity contribution in [3.8, 4) is 0 Å². The molecule has 0 rings (SSSR count). The molecule has 0 saturated carbocycles. The minimum absolute atomic E-state index is 0.331. The number of hydrogen-bond acceptors (Lipinski definition) is 4. The van der Waals surface area contributed by atoms with Crippen LogP contribution in [0.15, 0.2) is 0 Å². The first-order valence-electron chi connectivity index (χ1n) is 4.28. The summed E-state index contributed by atoms with van der Waals surface area (Å²) in [6, 6.07) is 0. The van der Waals surface area contributed by atoms with E-state index in [4.69, 9.17) is 0 Å². The predicted molar refractivity (Wildman–Crippen MR) is 44.3 cm³/mol. The molecule has 0 aromatic carbocycles. The van der Waals surface area contributed by atoms with E-state index in [0.29, 0.717) is 0 Å². The van der Waals surface area contributed by atoms with E-state index in [1.807, 2.05) is 0 Å². The quantitative estimate of drug-likeness (QED) is 0.527. The van der Waals surface area contributed by atoms with Gasteiger partial charge >= 0.3 is 12.1 Å². The standard InChI is InChI=1S/C8H12F4O4/c1-5(16-6(13)4-14-2)3-15-7(9)8(10,11)12/h5,7H,3-4H2,1-2H3. The second-order valence-electron chi connectivity index (χ2n) is 2.92. The molecule has 0 saturated heterocycles. The molecule has 0 spiro atoms. The summed E-state index contributed by atoms with van der Waals surface area (Å²) < 4.78 is 60.0. The Balaban J connectivity index is 3.81. The van der Waals surface area contributed by atoms with E-state index in [1.54, 1.807) is 0 Å². The number of hydrogen-bond donors (Lipinski definition) is 0. The van der Waals surface area contributed by atoms with Crippen molar-refractivity contribution in [3.05, 3.63) is 0 Å². The average molecular weight is 248 g/mol. The Morgan fingerprint density at radius 2 is 1.94 bits per heavy atom. The fraction of sp³-hybridized carbons (Fsp3) is 0.875. The zero-order valence-electron chi connectivity index (χ0n) is 8.71. The van der Waals surface area contributed by atoms with Gasteiger partial charge in [0.05, 0.1) is 6.61 Å². The van der Waals surface area contributed by atoms with Crippen molar-refractivity contribution in [3.63, 3.8) is 0 Å². The zero-order chi connectivity index (χ0) is 12.8. The van der Waals surface area contributed by atoms with Gasteiger partial charge in [-0.05, 0) is 6.92 Å². The van der Waals surface area contributed by atoms with Crippen molar-refractivity contribution in [2.24, 2.45) is 0 Å². The molecule has 8 heteroatoms. The first kappa shape index (κ1) is 15.1. The van der Waals surface area contributed by atoms with Gasteiger partial charge in [-0.1, -0.05) is 0 Å². The minimum atomic E-state index is -5.07. The third-order valence-electron chi connectivity index (χ3n) is 1.33. The molecule has 0 N–H and O–H groups in total. The Labute approximate surface area is 89.5 Å². The van der Waals surface area contributed by atoms with Crippen LogP contribution in [0.5, 0.6) is 0 Å². The Bertz CT molecular complexity index is 219. The second-order valence-corrected chi connectivity index (χ2v) is 2.92. The number of halogens is 4. The van der Waals surface area contributed by atoms with Gasteiger partial charge in [-0.2, -0.15) is 13.2 Å². The molecule has 4 nitrogen and oxygen atoms in total. The number of rotatable bonds is 6. The Hall–Kier alpha value is -0.890. The van der Waals surface area contributed by atoms with Crippen LogP contribution >= 0.6 is 0 Å². The van der Waals surface area contributed by atoms with Crippen molar-refractivity contribution in [1.29, 1.82) is 0 Å². The number of esters is 1. The van der Waals surface area contributed by atoms with Crippen LogP contribution in [0.4, 0.5) is 17.6 Å². The number of alkyl halides is 4. The molecule has 16 heavy (non-hydrogen) atoms. The number of ether oxygens (including phenoxy) is 3. The average Bonchev–Trinajstić information content (AvgIpc) is 2.12. The molecule has 2 atom stereocenters. The third-order valence-corrected chi connectivity index (χ3v) is 1.33. The molecule has 0 bridgehead atoms. The summed E-state index contributed by atoms with van der Waals surface area (Å²) in [6.07, 6.45) is -9.43. The van der Waals surface area contributed by atoms with Gasteiger partial charge < -0.3 is 14.2 Å².